The van der Waals surface area contributed by atoms with Crippen LogP contribution in [0, 0.1) is 23.2 Å². The fourth-order valence-corrected chi connectivity index (χ4v) is 8.93. The van der Waals surface area contributed by atoms with E-state index in [-0.39, 0.29) is 22.0 Å². The summed E-state index contributed by atoms with van der Waals surface area (Å²) in [6.45, 7) is 32.2. The fourth-order valence-electron chi connectivity index (χ4n) is 8.93. The molecule has 0 unspecified atom stereocenters. The van der Waals surface area contributed by atoms with Crippen molar-refractivity contribution in [2.45, 2.75) is 81.1 Å². The van der Waals surface area contributed by atoms with Crippen molar-refractivity contribution < 1.29 is 4.79 Å². The van der Waals surface area contributed by atoms with Crippen molar-refractivity contribution in [3.8, 4) is 11.1 Å². The molecule has 0 amide bonds. The molecule has 0 saturated heterocycles. The minimum Gasteiger partial charge on any atom is -0.295 e. The summed E-state index contributed by atoms with van der Waals surface area (Å²) in [7, 11) is 0. The van der Waals surface area contributed by atoms with E-state index in [1.165, 1.54) is 61.3 Å². The molecule has 0 aliphatic heterocycles. The topological polar surface area (TPSA) is 17.1 Å². The number of aryl methyl sites for hydroxylation is 1. The van der Waals surface area contributed by atoms with Crippen LogP contribution >= 0.6 is 0 Å². The monoisotopic (exact) mass is 542 g/mol. The Morgan fingerprint density at radius 3 is 2.39 bits per heavy atom. The molecule has 2 aromatic rings. The van der Waals surface area contributed by atoms with Gasteiger partial charge in [-0.1, -0.05) is 101 Å². The summed E-state index contributed by atoms with van der Waals surface area (Å²) >= 11 is 0. The average Bonchev–Trinajstić information content (AvgIpc) is 2.89. The quantitative estimate of drug-likeness (QED) is 0.343. The first-order valence-corrected chi connectivity index (χ1v) is 15.1. The molecule has 2 aromatic carbocycles. The van der Waals surface area contributed by atoms with Gasteiger partial charge in [-0.25, -0.2) is 0 Å². The standard InChI is InChI=1S/C40H46O/c1-12-32(41)18-17-30-14-13-15-31(20-30)33-19-16-25(4)36-27(6)37-29(8)40(11)28(7)35(24(2)3)26(5)21-39(40,10)23-38(37,9)22-34(33)36/h13-20H,2,6-7,12,21-23H2,1,3-5,8-11H3/b18-17+/t38-,39+,40-/m1/s1. The lowest BCUT2D eigenvalue weighted by Crippen LogP contribution is -2.52. The van der Waals surface area contributed by atoms with Gasteiger partial charge in [0.1, 0.15) is 0 Å². The Hall–Kier alpha value is -3.45. The molecule has 3 atom stereocenters. The third-order valence-corrected chi connectivity index (χ3v) is 10.8. The normalized spacial score (nSPS) is 27.6. The van der Waals surface area contributed by atoms with Gasteiger partial charge in [0.05, 0.1) is 0 Å². The first-order chi connectivity index (χ1) is 19.2. The molecule has 0 N–H and O–H groups in total. The number of carbonyl (C=O) groups is 1. The van der Waals surface area contributed by atoms with Crippen LogP contribution in [0.2, 0.25) is 0 Å². The second-order valence-corrected chi connectivity index (χ2v) is 13.7. The maximum Gasteiger partial charge on any atom is 0.155 e. The molecular weight excluding hydrogens is 496 g/mol. The molecule has 1 heteroatoms. The van der Waals surface area contributed by atoms with E-state index in [9.17, 15) is 4.79 Å². The maximum atomic E-state index is 11.9. The van der Waals surface area contributed by atoms with Crippen LogP contribution in [0.1, 0.15) is 90.0 Å². The number of fused-ring (bicyclic) bond motifs is 3. The van der Waals surface area contributed by atoms with E-state index in [2.05, 4.69) is 91.4 Å². The van der Waals surface area contributed by atoms with Crippen LogP contribution in [0.15, 0.2) is 95.6 Å². The first-order valence-electron chi connectivity index (χ1n) is 15.1. The second-order valence-electron chi connectivity index (χ2n) is 13.7. The summed E-state index contributed by atoms with van der Waals surface area (Å²) in [5, 5.41) is 0. The van der Waals surface area contributed by atoms with E-state index in [0.29, 0.717) is 6.42 Å². The zero-order valence-corrected chi connectivity index (χ0v) is 26.5. The van der Waals surface area contributed by atoms with Crippen LogP contribution in [-0.4, -0.2) is 5.78 Å². The van der Waals surface area contributed by atoms with Crippen molar-refractivity contribution >= 4 is 17.4 Å². The van der Waals surface area contributed by atoms with Crippen LogP contribution < -0.4 is 0 Å². The molecule has 0 saturated carbocycles. The molecule has 0 fully saturated rings. The van der Waals surface area contributed by atoms with E-state index in [1.807, 2.05) is 13.0 Å². The van der Waals surface area contributed by atoms with Crippen LogP contribution in [0.3, 0.4) is 0 Å². The number of hydrogen-bond acceptors (Lipinski definition) is 1. The zero-order valence-electron chi connectivity index (χ0n) is 26.5. The molecule has 41 heavy (non-hydrogen) atoms. The molecule has 0 radical (unpaired) electrons. The highest BCUT2D eigenvalue weighted by atomic mass is 16.1. The number of ketones is 1. The Bertz CT molecular complexity index is 1630. The van der Waals surface area contributed by atoms with Crippen molar-refractivity contribution in [3.63, 3.8) is 0 Å². The molecule has 212 valence electrons. The predicted octanol–water partition coefficient (Wildman–Crippen LogP) is 10.8. The zero-order chi connectivity index (χ0) is 30.1. The summed E-state index contributed by atoms with van der Waals surface area (Å²) in [6.07, 6.45) is 7.27. The second kappa shape index (κ2) is 9.83. The van der Waals surface area contributed by atoms with Gasteiger partial charge < -0.3 is 0 Å². The lowest BCUT2D eigenvalue weighted by molar-refractivity contribution is -0.114. The highest BCUT2D eigenvalue weighted by molar-refractivity contribution is 5.94. The molecule has 3 aliphatic carbocycles. The smallest absolute Gasteiger partial charge is 0.155 e. The number of allylic oxidation sites excluding steroid dienone is 8. The maximum absolute atomic E-state index is 11.9. The molecule has 0 heterocycles. The Morgan fingerprint density at radius 2 is 1.73 bits per heavy atom. The van der Waals surface area contributed by atoms with Crippen molar-refractivity contribution in [2.24, 2.45) is 16.2 Å². The Labute approximate surface area is 248 Å². The largest absolute Gasteiger partial charge is 0.295 e. The summed E-state index contributed by atoms with van der Waals surface area (Å²) in [5.41, 5.74) is 16.4. The van der Waals surface area contributed by atoms with Gasteiger partial charge in [-0.05, 0) is 126 Å². The molecule has 0 aromatic heterocycles. The van der Waals surface area contributed by atoms with Gasteiger partial charge in [0.25, 0.3) is 0 Å². The first kappa shape index (κ1) is 29.1. The lowest BCUT2D eigenvalue weighted by Gasteiger charge is -2.62. The molecule has 5 rings (SSSR count). The molecule has 3 aliphatic rings. The van der Waals surface area contributed by atoms with Gasteiger partial charge in [-0.15, -0.1) is 0 Å². The highest BCUT2D eigenvalue weighted by Crippen LogP contribution is 2.70. The van der Waals surface area contributed by atoms with E-state index in [1.54, 1.807) is 6.08 Å². The van der Waals surface area contributed by atoms with Crippen molar-refractivity contribution in [1.29, 1.82) is 0 Å². The number of rotatable bonds is 5. The van der Waals surface area contributed by atoms with Crippen LogP contribution in [0.4, 0.5) is 0 Å². The summed E-state index contributed by atoms with van der Waals surface area (Å²) < 4.78 is 0. The van der Waals surface area contributed by atoms with Gasteiger partial charge in [0.15, 0.2) is 5.78 Å². The number of carbonyl (C=O) groups excluding carboxylic acids is 1. The van der Waals surface area contributed by atoms with Gasteiger partial charge in [0, 0.05) is 11.8 Å². The Morgan fingerprint density at radius 1 is 1.02 bits per heavy atom. The Balaban J connectivity index is 1.69. The van der Waals surface area contributed by atoms with E-state index < -0.39 is 0 Å². The summed E-state index contributed by atoms with van der Waals surface area (Å²) in [4.78, 5) is 11.9. The van der Waals surface area contributed by atoms with Crippen molar-refractivity contribution in [3.05, 3.63) is 118 Å². The van der Waals surface area contributed by atoms with E-state index >= 15 is 0 Å². The van der Waals surface area contributed by atoms with Crippen molar-refractivity contribution in [2.75, 3.05) is 0 Å². The third-order valence-electron chi connectivity index (χ3n) is 10.8. The fraction of sp³-hybridized carbons (Fsp3) is 0.375. The summed E-state index contributed by atoms with van der Waals surface area (Å²) in [6, 6.07) is 13.1. The highest BCUT2D eigenvalue weighted by Gasteiger charge is 2.59. The Kier molecular flexibility index (Phi) is 6.97. The molecule has 0 spiro atoms. The van der Waals surface area contributed by atoms with E-state index in [4.69, 9.17) is 13.2 Å². The van der Waals surface area contributed by atoms with Crippen molar-refractivity contribution in [1.82, 2.24) is 0 Å². The van der Waals surface area contributed by atoms with Gasteiger partial charge in [-0.3, -0.25) is 4.79 Å². The minimum absolute atomic E-state index is 0.0304. The van der Waals surface area contributed by atoms with Crippen LogP contribution in [0.25, 0.3) is 22.8 Å². The van der Waals surface area contributed by atoms with Gasteiger partial charge in [0.2, 0.25) is 0 Å². The van der Waals surface area contributed by atoms with Gasteiger partial charge >= 0.3 is 0 Å². The average molecular weight is 543 g/mol. The molecule has 1 nitrogen and oxygen atoms in total. The van der Waals surface area contributed by atoms with Crippen LogP contribution in [-0.2, 0) is 11.2 Å². The minimum atomic E-state index is -0.155. The summed E-state index contributed by atoms with van der Waals surface area (Å²) in [5.74, 6) is 0.144. The SMILES string of the molecule is C=C(C)C1=C(C)C[C@@]2(C)C[C@@]3(C)Cc4c(-c5cccc(/C=C/C(=O)CC)c5)ccc(C)c4C(=C)C3=C(C)[C@@]2(C)C1=C. The number of benzene rings is 2. The lowest BCUT2D eigenvalue weighted by atomic mass is 9.41. The third kappa shape index (κ3) is 4.23. The van der Waals surface area contributed by atoms with E-state index in [0.717, 1.165) is 30.4 Å². The number of hydrogen-bond donors (Lipinski definition) is 0. The van der Waals surface area contributed by atoms with Crippen LogP contribution in [0.5, 0.6) is 0 Å². The predicted molar refractivity (Wildman–Crippen MR) is 177 cm³/mol. The molecule has 0 bridgehead atoms. The molecular formula is C40H46O. The van der Waals surface area contributed by atoms with Gasteiger partial charge in [-0.2, -0.15) is 0 Å².